The molecule has 0 fully saturated rings. The normalized spacial score (nSPS) is 13.0. The van der Waals surface area contributed by atoms with Gasteiger partial charge in [0.2, 0.25) is 0 Å². The summed E-state index contributed by atoms with van der Waals surface area (Å²) in [5.41, 5.74) is 2.95. The number of hydrogen-bond acceptors (Lipinski definition) is 4. The second-order valence-corrected chi connectivity index (χ2v) is 5.42. The third kappa shape index (κ3) is 3.27. The number of fused-ring (bicyclic) bond motifs is 1. The predicted octanol–water partition coefficient (Wildman–Crippen LogP) is 2.64. The van der Waals surface area contributed by atoms with Crippen molar-refractivity contribution in [3.63, 3.8) is 0 Å². The van der Waals surface area contributed by atoms with Crippen molar-refractivity contribution in [3.05, 3.63) is 27.7 Å². The van der Waals surface area contributed by atoms with Crippen LogP contribution in [0.5, 0.6) is 0 Å². The molecule has 1 aromatic carbocycles. The first-order valence-electron chi connectivity index (χ1n) is 6.22. The Morgan fingerprint density at radius 1 is 1.58 bits per heavy atom. The molecule has 1 aromatic rings. The average Bonchev–Trinajstić information content (AvgIpc) is 2.76. The fraction of sp³-hybridized carbons (Fsp3) is 0.429. The maximum absolute atomic E-state index is 10.7. The van der Waals surface area contributed by atoms with Crippen molar-refractivity contribution in [3.8, 4) is 6.07 Å². The summed E-state index contributed by atoms with van der Waals surface area (Å²) in [6, 6.07) is 6.17. The summed E-state index contributed by atoms with van der Waals surface area (Å²) >= 11 is 3.43. The van der Waals surface area contributed by atoms with Gasteiger partial charge in [0.05, 0.1) is 17.9 Å². The fourth-order valence-corrected chi connectivity index (χ4v) is 2.87. The van der Waals surface area contributed by atoms with Gasteiger partial charge in [0.25, 0.3) is 0 Å². The molecule has 0 saturated heterocycles. The molecule has 1 aliphatic rings. The third-order valence-electron chi connectivity index (χ3n) is 3.12. The zero-order valence-corrected chi connectivity index (χ0v) is 12.4. The molecule has 0 radical (unpaired) electrons. The number of benzene rings is 1. The number of rotatable bonds is 4. The second kappa shape index (κ2) is 6.07. The van der Waals surface area contributed by atoms with Crippen LogP contribution in [0.4, 0.5) is 5.69 Å². The van der Waals surface area contributed by atoms with Crippen LogP contribution >= 0.6 is 15.9 Å². The molecular weight excluding hydrogens is 308 g/mol. The molecule has 0 atom stereocenters. The molecule has 2 rings (SSSR count). The summed E-state index contributed by atoms with van der Waals surface area (Å²) < 4.78 is 5.88. The van der Waals surface area contributed by atoms with E-state index >= 15 is 0 Å². The zero-order valence-electron chi connectivity index (χ0n) is 10.8. The van der Waals surface area contributed by atoms with E-state index in [0.29, 0.717) is 12.2 Å². The lowest BCUT2D eigenvalue weighted by atomic mass is 10.1. The van der Waals surface area contributed by atoms with E-state index in [1.165, 1.54) is 12.5 Å². The predicted molar refractivity (Wildman–Crippen MR) is 76.0 cm³/mol. The molecule has 0 spiro atoms. The largest absolute Gasteiger partial charge is 0.466 e. The number of nitrogens with zero attached hydrogens (tertiary/aromatic N) is 2. The molecule has 0 amide bonds. The molecule has 1 heterocycles. The number of carbonyl (C=O) groups excluding carboxylic acids is 1. The van der Waals surface area contributed by atoms with Gasteiger partial charge in [-0.15, -0.1) is 0 Å². The molecule has 19 heavy (non-hydrogen) atoms. The highest BCUT2D eigenvalue weighted by Crippen LogP contribution is 2.34. The van der Waals surface area contributed by atoms with E-state index in [-0.39, 0.29) is 5.97 Å². The minimum Gasteiger partial charge on any atom is -0.466 e. The third-order valence-corrected chi connectivity index (χ3v) is 3.58. The highest BCUT2D eigenvalue weighted by atomic mass is 79.9. The van der Waals surface area contributed by atoms with Crippen LogP contribution in [-0.2, 0) is 16.0 Å². The number of ether oxygens (including phenoxy) is 1. The number of halogens is 1. The van der Waals surface area contributed by atoms with Gasteiger partial charge in [0.1, 0.15) is 6.07 Å². The van der Waals surface area contributed by atoms with Crippen LogP contribution < -0.4 is 4.90 Å². The first kappa shape index (κ1) is 13.9. The fourth-order valence-electron chi connectivity index (χ4n) is 2.37. The van der Waals surface area contributed by atoms with Crippen molar-refractivity contribution in [2.24, 2.45) is 0 Å². The van der Waals surface area contributed by atoms with Crippen LogP contribution in [0.15, 0.2) is 16.6 Å². The number of anilines is 1. The summed E-state index contributed by atoms with van der Waals surface area (Å²) in [5, 5.41) is 9.22. The van der Waals surface area contributed by atoms with Gasteiger partial charge in [-0.2, -0.15) is 5.26 Å². The van der Waals surface area contributed by atoms with Gasteiger partial charge in [0, 0.05) is 24.5 Å². The van der Waals surface area contributed by atoms with Crippen LogP contribution in [0.3, 0.4) is 0 Å². The van der Waals surface area contributed by atoms with E-state index in [4.69, 9.17) is 4.74 Å². The number of hydrogen-bond donors (Lipinski definition) is 0. The second-order valence-electron chi connectivity index (χ2n) is 4.50. The van der Waals surface area contributed by atoms with Gasteiger partial charge in [-0.25, -0.2) is 0 Å². The molecule has 0 aromatic heterocycles. The standard InChI is InChI=1S/C14H15BrN2O2/c1-10(18)19-6-2-4-17-5-3-11-7-13(15)8-12(9-16)14(11)17/h7-8H,2-6H2,1H3. The first-order valence-corrected chi connectivity index (χ1v) is 7.02. The molecule has 0 aliphatic carbocycles. The maximum Gasteiger partial charge on any atom is 0.302 e. The molecule has 0 N–H and O–H groups in total. The van der Waals surface area contributed by atoms with Crippen LogP contribution in [0, 0.1) is 11.3 Å². The molecule has 4 nitrogen and oxygen atoms in total. The minimum atomic E-state index is -0.247. The molecule has 1 aliphatic heterocycles. The van der Waals surface area contributed by atoms with Crippen molar-refractivity contribution in [1.82, 2.24) is 0 Å². The van der Waals surface area contributed by atoms with Gasteiger partial charge in [-0.1, -0.05) is 15.9 Å². The van der Waals surface area contributed by atoms with Crippen molar-refractivity contribution < 1.29 is 9.53 Å². The van der Waals surface area contributed by atoms with Crippen LogP contribution in [0.1, 0.15) is 24.5 Å². The zero-order chi connectivity index (χ0) is 13.8. The molecular formula is C14H15BrN2O2. The van der Waals surface area contributed by atoms with E-state index in [1.807, 2.05) is 6.07 Å². The van der Waals surface area contributed by atoms with Crippen LogP contribution in [-0.4, -0.2) is 25.7 Å². The minimum absolute atomic E-state index is 0.247. The van der Waals surface area contributed by atoms with E-state index < -0.39 is 0 Å². The summed E-state index contributed by atoms with van der Waals surface area (Å²) in [5.74, 6) is -0.247. The highest BCUT2D eigenvalue weighted by Gasteiger charge is 2.22. The highest BCUT2D eigenvalue weighted by molar-refractivity contribution is 9.10. The molecule has 0 saturated carbocycles. The Balaban J connectivity index is 2.05. The monoisotopic (exact) mass is 322 g/mol. The lowest BCUT2D eigenvalue weighted by Gasteiger charge is -2.20. The van der Waals surface area contributed by atoms with Crippen LogP contribution in [0.25, 0.3) is 0 Å². The van der Waals surface area contributed by atoms with E-state index in [0.717, 1.165) is 36.1 Å². The first-order chi connectivity index (χ1) is 9.11. The summed E-state index contributed by atoms with van der Waals surface area (Å²) in [6.07, 6.45) is 1.73. The van der Waals surface area contributed by atoms with E-state index in [1.54, 1.807) is 0 Å². The van der Waals surface area contributed by atoms with Gasteiger partial charge >= 0.3 is 5.97 Å². The Labute approximate surface area is 121 Å². The summed E-state index contributed by atoms with van der Waals surface area (Å²) in [6.45, 7) is 3.56. The van der Waals surface area contributed by atoms with E-state index in [9.17, 15) is 10.1 Å². The quantitative estimate of drug-likeness (QED) is 0.631. The number of nitriles is 1. The Morgan fingerprint density at radius 2 is 2.37 bits per heavy atom. The molecule has 5 heteroatoms. The Kier molecular flexibility index (Phi) is 4.43. The van der Waals surface area contributed by atoms with Crippen molar-refractivity contribution >= 4 is 27.6 Å². The van der Waals surface area contributed by atoms with Gasteiger partial charge in [-0.3, -0.25) is 4.79 Å². The summed E-state index contributed by atoms with van der Waals surface area (Å²) in [7, 11) is 0. The molecule has 100 valence electrons. The lowest BCUT2D eigenvalue weighted by Crippen LogP contribution is -2.23. The number of esters is 1. The Bertz CT molecular complexity index is 537. The number of carbonyl (C=O) groups is 1. The van der Waals surface area contributed by atoms with Gasteiger partial charge in [0.15, 0.2) is 0 Å². The molecule has 0 unspecified atom stereocenters. The maximum atomic E-state index is 10.7. The smallest absolute Gasteiger partial charge is 0.302 e. The van der Waals surface area contributed by atoms with Crippen molar-refractivity contribution in [1.29, 1.82) is 5.26 Å². The lowest BCUT2D eigenvalue weighted by molar-refractivity contribution is -0.140. The Morgan fingerprint density at radius 3 is 3.05 bits per heavy atom. The van der Waals surface area contributed by atoms with Gasteiger partial charge < -0.3 is 9.64 Å². The summed E-state index contributed by atoms with van der Waals surface area (Å²) in [4.78, 5) is 12.9. The van der Waals surface area contributed by atoms with Crippen LogP contribution in [0.2, 0.25) is 0 Å². The SMILES string of the molecule is CC(=O)OCCCN1CCc2cc(Br)cc(C#N)c21. The van der Waals surface area contributed by atoms with Crippen molar-refractivity contribution in [2.45, 2.75) is 19.8 Å². The topological polar surface area (TPSA) is 53.3 Å². The van der Waals surface area contributed by atoms with Crippen molar-refractivity contribution in [2.75, 3.05) is 24.6 Å². The average molecular weight is 323 g/mol. The Hall–Kier alpha value is -1.54. The van der Waals surface area contributed by atoms with Gasteiger partial charge in [-0.05, 0) is 30.5 Å². The van der Waals surface area contributed by atoms with E-state index in [2.05, 4.69) is 33.0 Å². The molecule has 0 bridgehead atoms.